The highest BCUT2D eigenvalue weighted by Crippen LogP contribution is 2.25. The van der Waals surface area contributed by atoms with Crippen LogP contribution in [-0.4, -0.2) is 59.1 Å². The maximum atomic E-state index is 12.7. The van der Waals surface area contributed by atoms with Crippen LogP contribution in [0.2, 0.25) is 0 Å². The van der Waals surface area contributed by atoms with Gasteiger partial charge in [-0.15, -0.1) is 0 Å². The summed E-state index contributed by atoms with van der Waals surface area (Å²) in [5.41, 5.74) is 0.520. The van der Waals surface area contributed by atoms with Gasteiger partial charge in [0.25, 0.3) is 5.91 Å². The van der Waals surface area contributed by atoms with Crippen LogP contribution in [0.4, 0.5) is 0 Å². The van der Waals surface area contributed by atoms with Crippen LogP contribution in [0.25, 0.3) is 0 Å². The third-order valence-corrected chi connectivity index (χ3v) is 4.94. The number of hydrogen-bond donors (Lipinski definition) is 0. The smallest absolute Gasteiger partial charge is 0.254 e. The van der Waals surface area contributed by atoms with Crippen molar-refractivity contribution in [2.45, 2.75) is 39.2 Å². The van der Waals surface area contributed by atoms with E-state index in [0.29, 0.717) is 30.3 Å². The molecule has 1 fully saturated rings. The van der Waals surface area contributed by atoms with E-state index in [1.54, 1.807) is 13.2 Å². The summed E-state index contributed by atoms with van der Waals surface area (Å²) >= 11 is 0. The minimum atomic E-state index is -0.136. The number of methoxy groups -OCH3 is 1. The van der Waals surface area contributed by atoms with Crippen LogP contribution in [0.15, 0.2) is 28.8 Å². The lowest BCUT2D eigenvalue weighted by Gasteiger charge is -2.36. The van der Waals surface area contributed by atoms with E-state index in [9.17, 15) is 4.79 Å². The van der Waals surface area contributed by atoms with Gasteiger partial charge in [0.2, 0.25) is 5.89 Å². The summed E-state index contributed by atoms with van der Waals surface area (Å²) in [4.78, 5) is 21.5. The molecule has 3 rings (SSSR count). The molecule has 1 unspecified atom stereocenters. The summed E-state index contributed by atoms with van der Waals surface area (Å²) < 4.78 is 10.7. The summed E-state index contributed by atoms with van der Waals surface area (Å²) in [6.07, 6.45) is 0. The number of rotatable bonds is 4. The van der Waals surface area contributed by atoms with Crippen LogP contribution in [-0.2, 0) is 5.41 Å². The first-order valence-electron chi connectivity index (χ1n) is 9.31. The molecule has 146 valence electrons. The van der Waals surface area contributed by atoms with E-state index in [-0.39, 0.29) is 17.4 Å². The van der Waals surface area contributed by atoms with Crippen molar-refractivity contribution in [3.05, 3.63) is 41.5 Å². The first kappa shape index (κ1) is 19.4. The second kappa shape index (κ2) is 7.68. The maximum absolute atomic E-state index is 12.7. The van der Waals surface area contributed by atoms with Crippen LogP contribution < -0.4 is 4.74 Å². The largest absolute Gasteiger partial charge is 0.497 e. The Morgan fingerprint density at radius 3 is 2.52 bits per heavy atom. The van der Waals surface area contributed by atoms with E-state index in [4.69, 9.17) is 9.26 Å². The quantitative estimate of drug-likeness (QED) is 0.822. The van der Waals surface area contributed by atoms with E-state index < -0.39 is 0 Å². The molecule has 1 aliphatic heterocycles. The van der Waals surface area contributed by atoms with Gasteiger partial charge in [-0.2, -0.15) is 4.98 Å². The Bertz CT molecular complexity index is 789. The van der Waals surface area contributed by atoms with Crippen molar-refractivity contribution in [2.75, 3.05) is 33.3 Å². The molecule has 1 amide bonds. The van der Waals surface area contributed by atoms with Crippen LogP contribution in [0.3, 0.4) is 0 Å². The number of carbonyl (C=O) groups is 1. The van der Waals surface area contributed by atoms with Crippen LogP contribution >= 0.6 is 0 Å². The zero-order chi connectivity index (χ0) is 19.6. The molecular formula is C20H28N4O3. The summed E-state index contributed by atoms with van der Waals surface area (Å²) in [5.74, 6) is 2.08. The molecule has 1 aromatic heterocycles. The van der Waals surface area contributed by atoms with E-state index in [0.717, 1.165) is 18.9 Å². The van der Waals surface area contributed by atoms with Gasteiger partial charge in [-0.3, -0.25) is 9.69 Å². The Hall–Kier alpha value is -2.41. The second-order valence-corrected chi connectivity index (χ2v) is 7.94. The van der Waals surface area contributed by atoms with Crippen molar-refractivity contribution in [1.29, 1.82) is 0 Å². The molecule has 0 bridgehead atoms. The predicted molar refractivity (Wildman–Crippen MR) is 102 cm³/mol. The number of nitrogens with zero attached hydrogens (tertiary/aromatic N) is 4. The molecule has 0 radical (unpaired) electrons. The third-order valence-electron chi connectivity index (χ3n) is 4.94. The monoisotopic (exact) mass is 372 g/mol. The lowest BCUT2D eigenvalue weighted by Crippen LogP contribution is -2.49. The molecule has 0 aliphatic carbocycles. The second-order valence-electron chi connectivity index (χ2n) is 7.94. The van der Waals surface area contributed by atoms with Crippen molar-refractivity contribution in [1.82, 2.24) is 19.9 Å². The number of piperazine rings is 1. The lowest BCUT2D eigenvalue weighted by atomic mass is 9.96. The average Bonchev–Trinajstić information content (AvgIpc) is 3.18. The van der Waals surface area contributed by atoms with Gasteiger partial charge >= 0.3 is 0 Å². The van der Waals surface area contributed by atoms with Crippen molar-refractivity contribution < 1.29 is 14.1 Å². The Morgan fingerprint density at radius 1 is 1.22 bits per heavy atom. The van der Waals surface area contributed by atoms with Gasteiger partial charge in [-0.05, 0) is 25.1 Å². The van der Waals surface area contributed by atoms with Gasteiger partial charge in [0, 0.05) is 37.2 Å². The van der Waals surface area contributed by atoms with Gasteiger partial charge in [0.1, 0.15) is 5.75 Å². The summed E-state index contributed by atoms with van der Waals surface area (Å²) in [6, 6.07) is 7.32. The van der Waals surface area contributed by atoms with Crippen molar-refractivity contribution in [3.8, 4) is 5.75 Å². The Labute approximate surface area is 160 Å². The fourth-order valence-corrected chi connectivity index (χ4v) is 3.12. The molecule has 0 saturated carbocycles. The fourth-order valence-electron chi connectivity index (χ4n) is 3.12. The van der Waals surface area contributed by atoms with Crippen molar-refractivity contribution in [2.24, 2.45) is 0 Å². The third kappa shape index (κ3) is 4.30. The molecule has 7 nitrogen and oxygen atoms in total. The minimum absolute atomic E-state index is 0.0303. The zero-order valence-corrected chi connectivity index (χ0v) is 16.7. The molecule has 0 N–H and O–H groups in total. The van der Waals surface area contributed by atoms with Gasteiger partial charge < -0.3 is 14.2 Å². The highest BCUT2D eigenvalue weighted by atomic mass is 16.5. The predicted octanol–water partition coefficient (Wildman–Crippen LogP) is 2.89. The first-order valence-corrected chi connectivity index (χ1v) is 9.31. The van der Waals surface area contributed by atoms with E-state index in [1.165, 1.54) is 0 Å². The van der Waals surface area contributed by atoms with E-state index >= 15 is 0 Å². The van der Waals surface area contributed by atoms with Gasteiger partial charge in [-0.1, -0.05) is 32.0 Å². The highest BCUT2D eigenvalue weighted by Gasteiger charge is 2.29. The van der Waals surface area contributed by atoms with E-state index in [1.807, 2.05) is 23.1 Å². The van der Waals surface area contributed by atoms with Gasteiger partial charge in [0.05, 0.1) is 13.2 Å². The van der Waals surface area contributed by atoms with Crippen molar-refractivity contribution in [3.63, 3.8) is 0 Å². The summed E-state index contributed by atoms with van der Waals surface area (Å²) in [7, 11) is 1.60. The lowest BCUT2D eigenvalue weighted by molar-refractivity contribution is 0.0551. The van der Waals surface area contributed by atoms with E-state index in [2.05, 4.69) is 42.7 Å². The molecule has 2 aromatic rings. The standard InChI is InChI=1S/C20H28N4O3/c1-14(17-21-19(22-27-17)20(2,3)4)23-9-11-24(12-10-23)18(25)15-7-6-8-16(13-15)26-5/h6-8,13-14H,9-12H2,1-5H3. The molecular weight excluding hydrogens is 344 g/mol. The van der Waals surface area contributed by atoms with Crippen LogP contribution in [0.1, 0.15) is 55.8 Å². The first-order chi connectivity index (χ1) is 12.8. The van der Waals surface area contributed by atoms with Gasteiger partial charge in [0.15, 0.2) is 5.82 Å². The van der Waals surface area contributed by atoms with Crippen LogP contribution in [0, 0.1) is 0 Å². The molecule has 27 heavy (non-hydrogen) atoms. The summed E-state index contributed by atoms with van der Waals surface area (Å²) in [5, 5.41) is 4.11. The molecule has 1 aromatic carbocycles. The SMILES string of the molecule is COc1cccc(C(=O)N2CCN(C(C)c3nc(C(C)(C)C)no3)CC2)c1. The molecule has 0 spiro atoms. The number of amides is 1. The molecule has 7 heteroatoms. The number of ether oxygens (including phenoxy) is 1. The Morgan fingerprint density at radius 2 is 1.93 bits per heavy atom. The highest BCUT2D eigenvalue weighted by molar-refractivity contribution is 5.94. The maximum Gasteiger partial charge on any atom is 0.254 e. The average molecular weight is 372 g/mol. The normalized spacial score (nSPS) is 17.0. The molecule has 1 atom stereocenters. The Kier molecular flexibility index (Phi) is 5.51. The molecule has 1 saturated heterocycles. The number of hydrogen-bond acceptors (Lipinski definition) is 6. The fraction of sp³-hybridized carbons (Fsp3) is 0.550. The number of aromatic nitrogens is 2. The van der Waals surface area contributed by atoms with Crippen molar-refractivity contribution >= 4 is 5.91 Å². The number of benzene rings is 1. The Balaban J connectivity index is 1.61. The topological polar surface area (TPSA) is 71.7 Å². The number of carbonyl (C=O) groups excluding carboxylic acids is 1. The minimum Gasteiger partial charge on any atom is -0.497 e. The van der Waals surface area contributed by atoms with Gasteiger partial charge in [-0.25, -0.2) is 0 Å². The van der Waals surface area contributed by atoms with Crippen LogP contribution in [0.5, 0.6) is 5.75 Å². The molecule has 2 heterocycles. The summed E-state index contributed by atoms with van der Waals surface area (Å²) in [6.45, 7) is 11.1. The molecule has 1 aliphatic rings. The zero-order valence-electron chi connectivity index (χ0n) is 16.7.